The highest BCUT2D eigenvalue weighted by atomic mass is 16.6. The van der Waals surface area contributed by atoms with Gasteiger partial charge in [-0.1, -0.05) is 45.0 Å². The number of benzene rings is 1. The fraction of sp³-hybridized carbons (Fsp3) is 0.619. The molecule has 148 valence electrons. The fourth-order valence-electron chi connectivity index (χ4n) is 4.00. The Bertz CT molecular complexity index is 721. The molecule has 2 bridgehead atoms. The van der Waals surface area contributed by atoms with E-state index in [-0.39, 0.29) is 22.3 Å². The summed E-state index contributed by atoms with van der Waals surface area (Å²) in [7, 11) is 1.91. The van der Waals surface area contributed by atoms with Crippen molar-refractivity contribution in [2.75, 3.05) is 13.6 Å². The molecule has 27 heavy (non-hydrogen) atoms. The third-order valence-electron chi connectivity index (χ3n) is 5.61. The minimum Gasteiger partial charge on any atom is -0.349 e. The molecular formula is C21H31N3O3. The Kier molecular flexibility index (Phi) is 5.47. The summed E-state index contributed by atoms with van der Waals surface area (Å²) in [6.45, 7) is 10.0. The Morgan fingerprint density at radius 3 is 2.48 bits per heavy atom. The molecule has 2 unspecified atom stereocenters. The van der Waals surface area contributed by atoms with Gasteiger partial charge in [0.15, 0.2) is 11.9 Å². The lowest BCUT2D eigenvalue weighted by Gasteiger charge is -2.44. The zero-order chi connectivity index (χ0) is 19.8. The van der Waals surface area contributed by atoms with Crippen molar-refractivity contribution < 1.29 is 9.66 Å². The van der Waals surface area contributed by atoms with E-state index in [4.69, 9.17) is 4.74 Å². The van der Waals surface area contributed by atoms with Crippen LogP contribution in [0.3, 0.4) is 0 Å². The zero-order valence-electron chi connectivity index (χ0n) is 17.1. The molecule has 1 aromatic rings. The average molecular weight is 373 g/mol. The van der Waals surface area contributed by atoms with Crippen LogP contribution in [0.1, 0.15) is 58.1 Å². The van der Waals surface area contributed by atoms with Gasteiger partial charge < -0.3 is 14.5 Å². The van der Waals surface area contributed by atoms with Gasteiger partial charge >= 0.3 is 5.70 Å². The Morgan fingerprint density at radius 2 is 1.93 bits per heavy atom. The molecule has 0 spiro atoms. The summed E-state index contributed by atoms with van der Waals surface area (Å²) in [5.41, 5.74) is 2.77. The highest BCUT2D eigenvalue weighted by molar-refractivity contribution is 5.28. The summed E-state index contributed by atoms with van der Waals surface area (Å²) >= 11 is 0. The fourth-order valence-corrected chi connectivity index (χ4v) is 4.00. The molecule has 3 rings (SSSR count). The van der Waals surface area contributed by atoms with E-state index < -0.39 is 6.10 Å². The Balaban J connectivity index is 1.92. The predicted molar refractivity (Wildman–Crippen MR) is 106 cm³/mol. The summed E-state index contributed by atoms with van der Waals surface area (Å²) in [6, 6.07) is 8.59. The van der Waals surface area contributed by atoms with Gasteiger partial charge in [-0.15, -0.1) is 0 Å². The molecule has 1 aromatic carbocycles. The third kappa shape index (κ3) is 3.95. The van der Waals surface area contributed by atoms with Crippen molar-refractivity contribution in [1.82, 2.24) is 9.80 Å². The van der Waals surface area contributed by atoms with Gasteiger partial charge in [0.1, 0.15) is 6.23 Å². The van der Waals surface area contributed by atoms with Crippen LogP contribution in [0, 0.1) is 10.1 Å². The van der Waals surface area contributed by atoms with E-state index in [0.29, 0.717) is 18.9 Å². The van der Waals surface area contributed by atoms with Crippen molar-refractivity contribution >= 4 is 0 Å². The quantitative estimate of drug-likeness (QED) is 0.575. The first kappa shape index (κ1) is 19.7. The Labute approximate surface area is 161 Å². The second-order valence-corrected chi connectivity index (χ2v) is 8.55. The maximum absolute atomic E-state index is 11.9. The number of rotatable bonds is 5. The van der Waals surface area contributed by atoms with E-state index in [0.717, 1.165) is 24.8 Å². The average Bonchev–Trinajstić information content (AvgIpc) is 2.62. The van der Waals surface area contributed by atoms with E-state index in [9.17, 15) is 10.1 Å². The summed E-state index contributed by atoms with van der Waals surface area (Å²) in [5, 5.41) is 11.9. The molecule has 1 saturated heterocycles. The van der Waals surface area contributed by atoms with Crippen LogP contribution in [-0.2, 0) is 16.7 Å². The first-order valence-corrected chi connectivity index (χ1v) is 9.83. The van der Waals surface area contributed by atoms with Gasteiger partial charge in [0.25, 0.3) is 0 Å². The van der Waals surface area contributed by atoms with Gasteiger partial charge in [0.2, 0.25) is 0 Å². The topological polar surface area (TPSA) is 58.9 Å². The van der Waals surface area contributed by atoms with Crippen LogP contribution in [-0.4, -0.2) is 40.6 Å². The Hall–Kier alpha value is -2.08. The van der Waals surface area contributed by atoms with Gasteiger partial charge in [0.05, 0.1) is 4.92 Å². The minimum absolute atomic E-state index is 0.0697. The normalized spacial score (nSPS) is 22.8. The molecule has 2 heterocycles. The molecule has 0 aromatic heterocycles. The Morgan fingerprint density at radius 1 is 1.26 bits per heavy atom. The number of hydrogen-bond acceptors (Lipinski definition) is 5. The van der Waals surface area contributed by atoms with Crippen molar-refractivity contribution in [1.29, 1.82) is 0 Å². The number of nitro groups is 1. The molecule has 6 nitrogen and oxygen atoms in total. The summed E-state index contributed by atoms with van der Waals surface area (Å²) in [6.07, 6.45) is 2.13. The summed E-state index contributed by atoms with van der Waals surface area (Å²) in [5.74, 6) is 0.711. The molecule has 2 aliphatic heterocycles. The van der Waals surface area contributed by atoms with Gasteiger partial charge in [-0.2, -0.15) is 0 Å². The third-order valence-corrected chi connectivity index (χ3v) is 5.61. The lowest BCUT2D eigenvalue weighted by molar-refractivity contribution is -0.449. The van der Waals surface area contributed by atoms with E-state index in [1.807, 2.05) is 18.9 Å². The highest BCUT2D eigenvalue weighted by Crippen LogP contribution is 2.36. The van der Waals surface area contributed by atoms with Gasteiger partial charge in [-0.3, -0.25) is 10.1 Å². The molecule has 0 aliphatic carbocycles. The van der Waals surface area contributed by atoms with Crippen molar-refractivity contribution in [3.05, 3.63) is 57.0 Å². The largest absolute Gasteiger partial charge is 0.349 e. The van der Waals surface area contributed by atoms with Crippen molar-refractivity contribution in [2.45, 2.75) is 71.2 Å². The number of fused-ring (bicyclic) bond motifs is 2. The smallest absolute Gasteiger partial charge is 0.314 e. The SMILES string of the molecule is CCN(Cc1ccc(C(C)(C)C)cc1)C1=C([N+](=O)[O-])C2CCCC(O2)N1C. The van der Waals surface area contributed by atoms with Crippen LogP contribution < -0.4 is 0 Å². The van der Waals surface area contributed by atoms with E-state index in [2.05, 4.69) is 49.9 Å². The lowest BCUT2D eigenvalue weighted by Crippen LogP contribution is -2.51. The zero-order valence-corrected chi connectivity index (χ0v) is 17.1. The van der Waals surface area contributed by atoms with Gasteiger partial charge in [-0.05, 0) is 42.7 Å². The first-order chi connectivity index (χ1) is 12.7. The van der Waals surface area contributed by atoms with Crippen molar-refractivity contribution in [3.8, 4) is 0 Å². The van der Waals surface area contributed by atoms with Crippen LogP contribution >= 0.6 is 0 Å². The molecule has 0 radical (unpaired) electrons. The monoisotopic (exact) mass is 373 g/mol. The summed E-state index contributed by atoms with van der Waals surface area (Å²) < 4.78 is 5.94. The van der Waals surface area contributed by atoms with Crippen LogP contribution in [0.5, 0.6) is 0 Å². The molecule has 1 fully saturated rings. The van der Waals surface area contributed by atoms with E-state index in [1.54, 1.807) is 0 Å². The first-order valence-electron chi connectivity index (χ1n) is 9.83. The van der Waals surface area contributed by atoms with Gasteiger partial charge in [0, 0.05) is 20.1 Å². The maximum Gasteiger partial charge on any atom is 0.314 e. The molecule has 2 atom stereocenters. The molecular weight excluding hydrogens is 342 g/mol. The highest BCUT2D eigenvalue weighted by Gasteiger charge is 2.44. The predicted octanol–water partition coefficient (Wildman–Crippen LogP) is 4.09. The van der Waals surface area contributed by atoms with E-state index >= 15 is 0 Å². The summed E-state index contributed by atoms with van der Waals surface area (Å²) in [4.78, 5) is 15.7. The lowest BCUT2D eigenvalue weighted by atomic mass is 9.87. The van der Waals surface area contributed by atoms with Crippen LogP contribution in [0.2, 0.25) is 0 Å². The molecule has 0 N–H and O–H groups in total. The number of nitrogens with zero attached hydrogens (tertiary/aromatic N) is 3. The number of ether oxygens (including phenoxy) is 1. The van der Waals surface area contributed by atoms with Crippen molar-refractivity contribution in [2.24, 2.45) is 0 Å². The van der Waals surface area contributed by atoms with Crippen LogP contribution in [0.4, 0.5) is 0 Å². The van der Waals surface area contributed by atoms with Crippen LogP contribution in [0.25, 0.3) is 0 Å². The van der Waals surface area contributed by atoms with E-state index in [1.165, 1.54) is 5.56 Å². The standard InChI is InChI=1S/C21H31N3O3/c1-6-23(14-15-10-12-16(13-11-15)21(2,3)4)20-19(24(25)26)17-8-7-9-18(27-17)22(20)5/h10-13,17-18H,6-9,14H2,1-5H3. The molecule has 2 aliphatic rings. The molecule has 0 saturated carbocycles. The minimum atomic E-state index is -0.401. The second-order valence-electron chi connectivity index (χ2n) is 8.55. The maximum atomic E-state index is 11.9. The van der Waals surface area contributed by atoms with Crippen LogP contribution in [0.15, 0.2) is 35.8 Å². The van der Waals surface area contributed by atoms with Gasteiger partial charge in [-0.25, -0.2) is 0 Å². The second kappa shape index (κ2) is 7.50. The molecule has 0 amide bonds. The van der Waals surface area contributed by atoms with Crippen molar-refractivity contribution in [3.63, 3.8) is 0 Å². The molecule has 6 heteroatoms. The number of hydrogen-bond donors (Lipinski definition) is 0.